The van der Waals surface area contributed by atoms with Crippen molar-refractivity contribution in [2.24, 2.45) is 5.73 Å². The number of carbonyl (C=O) groups excluding carboxylic acids is 3. The van der Waals surface area contributed by atoms with Crippen LogP contribution in [0.4, 0.5) is 4.39 Å². The van der Waals surface area contributed by atoms with Crippen molar-refractivity contribution >= 4 is 22.1 Å². The van der Waals surface area contributed by atoms with Crippen molar-refractivity contribution in [1.82, 2.24) is 0 Å². The zero-order chi connectivity index (χ0) is 28.7. The molecule has 10 heteroatoms. The monoisotopic (exact) mass is 429 g/mol. The number of hydrogen-bond donors (Lipinski definition) is 1. The highest BCUT2D eigenvalue weighted by Gasteiger charge is 2.39. The molecule has 3 rings (SSSR count). The molecule has 152 valence electrons. The fraction of sp³-hybridized carbons (Fsp3) is 0.158. The number of hydrogen-bond acceptors (Lipinski definition) is 8. The van der Waals surface area contributed by atoms with Gasteiger partial charge in [0.15, 0.2) is 6.08 Å². The van der Waals surface area contributed by atoms with Gasteiger partial charge in [-0.3, -0.25) is 4.79 Å². The zero-order valence-electron chi connectivity index (χ0n) is 22.5. The fourth-order valence-corrected chi connectivity index (χ4v) is 2.75. The lowest BCUT2D eigenvalue weighted by atomic mass is 10.0. The van der Waals surface area contributed by atoms with Crippen molar-refractivity contribution < 1.29 is 47.1 Å². The van der Waals surface area contributed by atoms with Gasteiger partial charge >= 0.3 is 16.3 Å². The maximum atomic E-state index is 14.0. The topological polar surface area (TPSA) is 130 Å². The van der Waals surface area contributed by atoms with Crippen molar-refractivity contribution in [2.75, 3.05) is 0 Å². The first-order valence-electron chi connectivity index (χ1n) is 11.4. The Hall–Kier alpha value is -3.49. The lowest BCUT2D eigenvalue weighted by molar-refractivity contribution is -0.191. The van der Waals surface area contributed by atoms with E-state index in [2.05, 4.69) is 4.18 Å². The molecular formula is C19H16FNO7S. The van der Waals surface area contributed by atoms with Gasteiger partial charge in [0.05, 0.1) is 11.0 Å². The van der Waals surface area contributed by atoms with Crippen molar-refractivity contribution in [1.29, 1.82) is 0 Å². The van der Waals surface area contributed by atoms with E-state index in [4.69, 9.17) is 31.0 Å². The van der Waals surface area contributed by atoms with Gasteiger partial charge in [-0.25, -0.2) is 4.39 Å². The van der Waals surface area contributed by atoms with Crippen molar-refractivity contribution in [3.63, 3.8) is 0 Å². The summed E-state index contributed by atoms with van der Waals surface area (Å²) in [6, 6.07) is -1.98. The molecule has 8 nitrogen and oxygen atoms in total. The van der Waals surface area contributed by atoms with E-state index < -0.39 is 80.9 Å². The molecule has 1 heterocycles. The summed E-state index contributed by atoms with van der Waals surface area (Å²) < 4.78 is 112. The first-order valence-corrected chi connectivity index (χ1v) is 8.80. The molecular weight excluding hydrogens is 405 g/mol. The molecule has 29 heavy (non-hydrogen) atoms. The van der Waals surface area contributed by atoms with Crippen LogP contribution in [0.25, 0.3) is 0 Å². The van der Waals surface area contributed by atoms with E-state index in [-0.39, 0.29) is 17.3 Å². The number of Topliss-reactive ketones (excluding diaryl/α,β-unsaturated/α-hetero) is 1. The molecule has 2 N–H and O–H groups in total. The molecule has 0 fully saturated rings. The Bertz CT molecular complexity index is 1450. The average molecular weight is 429 g/mol. The van der Waals surface area contributed by atoms with E-state index in [1.807, 2.05) is 0 Å². The van der Waals surface area contributed by atoms with Crippen LogP contribution in [0, 0.1) is 12.7 Å². The summed E-state index contributed by atoms with van der Waals surface area (Å²) >= 11 is 0. The molecule has 0 saturated carbocycles. The molecule has 1 unspecified atom stereocenters. The summed E-state index contributed by atoms with van der Waals surface area (Å²) in [5, 5.41) is 0. The molecule has 0 aromatic heterocycles. The fourth-order valence-electron chi connectivity index (χ4n) is 1.98. The highest BCUT2D eigenvalue weighted by atomic mass is 32.2. The molecule has 0 amide bonds. The molecule has 0 saturated heterocycles. The minimum atomic E-state index is -5.63. The second-order valence-electron chi connectivity index (χ2n) is 5.14. The van der Waals surface area contributed by atoms with Crippen molar-refractivity contribution in [3.05, 3.63) is 82.6 Å². The third-order valence-corrected chi connectivity index (χ3v) is 4.04. The maximum Gasteiger partial charge on any atom is 0.373 e. The van der Waals surface area contributed by atoms with Crippen LogP contribution in [0.15, 0.2) is 60.1 Å². The molecule has 1 atom stereocenters. The SMILES string of the molecule is O=C=O.[2H]c1c([2H])c([2H])c(C([2H])([2H])S(=O)(=O)OC2=C(N)OC([2H])(c3ccc(C)c(F)c3)C2=O)c([2H])c1[2H]. The maximum absolute atomic E-state index is 14.0. The van der Waals surface area contributed by atoms with E-state index >= 15 is 0 Å². The number of ether oxygens (including phenoxy) is 1. The number of aryl methyl sites for hydroxylation is 1. The molecule has 0 spiro atoms. The van der Waals surface area contributed by atoms with E-state index in [0.29, 0.717) is 0 Å². The van der Waals surface area contributed by atoms with Gasteiger partial charge in [-0.1, -0.05) is 42.3 Å². The number of carbonyl (C=O) groups is 1. The number of nitrogens with two attached hydrogens (primary N) is 1. The van der Waals surface area contributed by atoms with E-state index in [1.165, 1.54) is 19.1 Å². The minimum Gasteiger partial charge on any atom is -0.460 e. The average Bonchev–Trinajstić information content (AvgIpc) is 3.02. The van der Waals surface area contributed by atoms with Crippen LogP contribution in [0.1, 0.15) is 33.7 Å². The summed E-state index contributed by atoms with van der Waals surface area (Å²) in [6.45, 7) is 1.42. The molecule has 2 aromatic carbocycles. The largest absolute Gasteiger partial charge is 0.460 e. The highest BCUT2D eigenvalue weighted by molar-refractivity contribution is 7.86. The number of benzene rings is 2. The summed E-state index contributed by atoms with van der Waals surface area (Å²) in [5.41, 5.74) is 0.322. The van der Waals surface area contributed by atoms with Gasteiger partial charge in [0, 0.05) is 5.56 Å². The first kappa shape index (κ1) is 12.9. The minimum absolute atomic E-state index is 0.185. The summed E-state index contributed by atoms with van der Waals surface area (Å²) in [5.74, 6) is -4.58. The van der Waals surface area contributed by atoms with Crippen LogP contribution in [-0.2, 0) is 39.1 Å². The summed E-state index contributed by atoms with van der Waals surface area (Å²) in [4.78, 5) is 29.1. The predicted octanol–water partition coefficient (Wildman–Crippen LogP) is 1.87. The predicted molar refractivity (Wildman–Crippen MR) is 96.3 cm³/mol. The van der Waals surface area contributed by atoms with Crippen molar-refractivity contribution in [2.45, 2.75) is 18.7 Å². The van der Waals surface area contributed by atoms with Crippen LogP contribution < -0.4 is 5.73 Å². The Morgan fingerprint density at radius 1 is 1.34 bits per heavy atom. The van der Waals surface area contributed by atoms with E-state index in [9.17, 15) is 17.6 Å². The van der Waals surface area contributed by atoms with Crippen LogP contribution >= 0.6 is 0 Å². The third-order valence-electron chi connectivity index (χ3n) is 3.20. The molecule has 0 radical (unpaired) electrons. The second-order valence-corrected chi connectivity index (χ2v) is 6.42. The van der Waals surface area contributed by atoms with Gasteiger partial charge in [0.25, 0.3) is 0 Å². The van der Waals surface area contributed by atoms with E-state index in [0.717, 1.165) is 6.07 Å². The lowest BCUT2D eigenvalue weighted by Crippen LogP contribution is -2.16. The molecule has 2 aromatic rings. The lowest BCUT2D eigenvalue weighted by Gasteiger charge is -2.10. The Labute approximate surface area is 177 Å². The summed E-state index contributed by atoms with van der Waals surface area (Å²) in [6.07, 6.45) is -2.49. The first-order chi connectivity index (χ1) is 16.9. The second kappa shape index (κ2) is 9.13. The number of rotatable bonds is 5. The van der Waals surface area contributed by atoms with Gasteiger partial charge in [-0.05, 0) is 24.1 Å². The summed E-state index contributed by atoms with van der Waals surface area (Å²) in [7, 11) is -5.63. The van der Waals surface area contributed by atoms with Crippen LogP contribution in [-0.4, -0.2) is 20.4 Å². The Morgan fingerprint density at radius 2 is 1.97 bits per heavy atom. The third kappa shape index (κ3) is 5.50. The number of halogens is 1. The van der Waals surface area contributed by atoms with Crippen LogP contribution in [0.3, 0.4) is 0 Å². The Morgan fingerprint density at radius 3 is 2.55 bits per heavy atom. The van der Waals surface area contributed by atoms with Gasteiger partial charge in [-0.2, -0.15) is 18.0 Å². The highest BCUT2D eigenvalue weighted by Crippen LogP contribution is 2.33. The van der Waals surface area contributed by atoms with Crippen LogP contribution in [0.5, 0.6) is 0 Å². The smallest absolute Gasteiger partial charge is 0.373 e. The van der Waals surface area contributed by atoms with Gasteiger partial charge in [0.2, 0.25) is 17.4 Å². The Kier molecular flexibility index (Phi) is 4.05. The van der Waals surface area contributed by atoms with Crippen molar-refractivity contribution in [3.8, 4) is 0 Å². The molecule has 1 aliphatic rings. The standard InChI is InChI=1S/C18H16FNO5S.CO2/c1-11-7-8-13(9-14(11)19)16-15(21)17(18(20)24-16)25-26(22,23)10-12-5-3-2-4-6-12;2-1-3/h2-9,16H,10,20H2,1H3;/i2D,3D,4D,5D,6D,10D2,16D;. The number of ketones is 1. The van der Waals surface area contributed by atoms with Gasteiger partial charge in [-0.15, -0.1) is 0 Å². The zero-order valence-corrected chi connectivity index (χ0v) is 15.3. The van der Waals surface area contributed by atoms with Gasteiger partial charge < -0.3 is 14.7 Å². The quantitative estimate of drug-likeness (QED) is 0.713. The molecule has 0 bridgehead atoms. The van der Waals surface area contributed by atoms with Gasteiger partial charge in [0.1, 0.15) is 11.5 Å². The normalized spacial score (nSPS) is 22.8. The Balaban J connectivity index is 0.00000153. The van der Waals surface area contributed by atoms with E-state index in [1.54, 1.807) is 0 Å². The molecule has 1 aliphatic heterocycles. The van der Waals surface area contributed by atoms with Crippen LogP contribution in [0.2, 0.25) is 0 Å². The molecule has 0 aliphatic carbocycles.